The van der Waals surface area contributed by atoms with Crippen molar-refractivity contribution in [3.8, 4) is 22.5 Å². The van der Waals surface area contributed by atoms with E-state index in [1.807, 2.05) is 18.2 Å². The van der Waals surface area contributed by atoms with Gasteiger partial charge in [-0.25, -0.2) is 0 Å². The number of aryl methyl sites for hydroxylation is 1. The number of benzene rings is 2. The van der Waals surface area contributed by atoms with E-state index in [0.717, 1.165) is 28.0 Å². The van der Waals surface area contributed by atoms with Crippen LogP contribution in [0.3, 0.4) is 0 Å². The molecule has 0 unspecified atom stereocenters. The van der Waals surface area contributed by atoms with Gasteiger partial charge in [0.15, 0.2) is 0 Å². The van der Waals surface area contributed by atoms with Gasteiger partial charge in [0.25, 0.3) is 0 Å². The van der Waals surface area contributed by atoms with Crippen molar-refractivity contribution < 1.29 is 4.42 Å². The minimum Gasteiger partial charge on any atom is -0.460 e. The molecule has 0 radical (unpaired) electrons. The number of rotatable bonds is 3. The van der Waals surface area contributed by atoms with E-state index in [1.54, 1.807) is 0 Å². The van der Waals surface area contributed by atoms with Crippen molar-refractivity contribution in [3.63, 3.8) is 0 Å². The molecule has 1 nitrogen and oxygen atoms in total. The Hall–Kier alpha value is -1.80. The zero-order valence-corrected chi connectivity index (χ0v) is 12.9. The molecule has 3 aromatic rings. The first-order chi connectivity index (χ1) is 9.78. The fraction of sp³-hybridized carbons (Fsp3) is 0.111. The van der Waals surface area contributed by atoms with Crippen LogP contribution < -0.4 is 0 Å². The second-order valence-corrected chi connectivity index (χ2v) is 5.59. The summed E-state index contributed by atoms with van der Waals surface area (Å²) >= 11 is 3.47. The van der Waals surface area contributed by atoms with Crippen molar-refractivity contribution in [1.82, 2.24) is 0 Å². The molecule has 0 fully saturated rings. The molecular weight excluding hydrogens is 312 g/mol. The van der Waals surface area contributed by atoms with E-state index in [2.05, 4.69) is 65.3 Å². The Bertz CT molecular complexity index is 696. The summed E-state index contributed by atoms with van der Waals surface area (Å²) in [4.78, 5) is 0. The third-order valence-electron chi connectivity index (χ3n) is 3.34. The van der Waals surface area contributed by atoms with Gasteiger partial charge in [0, 0.05) is 22.0 Å². The molecule has 0 amide bonds. The van der Waals surface area contributed by atoms with E-state index >= 15 is 0 Å². The highest BCUT2D eigenvalue weighted by Crippen LogP contribution is 2.33. The zero-order valence-electron chi connectivity index (χ0n) is 11.3. The van der Waals surface area contributed by atoms with Gasteiger partial charge < -0.3 is 4.42 Å². The van der Waals surface area contributed by atoms with Crippen molar-refractivity contribution in [2.45, 2.75) is 13.3 Å². The van der Waals surface area contributed by atoms with E-state index in [9.17, 15) is 0 Å². The summed E-state index contributed by atoms with van der Waals surface area (Å²) in [5.41, 5.74) is 3.49. The highest BCUT2D eigenvalue weighted by molar-refractivity contribution is 9.10. The monoisotopic (exact) mass is 326 g/mol. The second kappa shape index (κ2) is 5.68. The Morgan fingerprint density at radius 1 is 0.900 bits per heavy atom. The van der Waals surface area contributed by atoms with Crippen LogP contribution in [0.25, 0.3) is 22.5 Å². The Morgan fingerprint density at radius 3 is 2.25 bits per heavy atom. The van der Waals surface area contributed by atoms with Crippen LogP contribution in [0.4, 0.5) is 0 Å². The van der Waals surface area contributed by atoms with Crippen LogP contribution in [0, 0.1) is 0 Å². The minimum atomic E-state index is 0.887. The molecule has 0 bridgehead atoms. The summed E-state index contributed by atoms with van der Waals surface area (Å²) in [5.74, 6) is 1.96. The van der Waals surface area contributed by atoms with E-state index in [0.29, 0.717) is 0 Å². The number of hydrogen-bond donors (Lipinski definition) is 0. The largest absolute Gasteiger partial charge is 0.460 e. The molecule has 0 saturated carbocycles. The lowest BCUT2D eigenvalue weighted by molar-refractivity contribution is 0.530. The van der Waals surface area contributed by atoms with Crippen LogP contribution in [0.15, 0.2) is 69.6 Å². The molecule has 0 spiro atoms. The van der Waals surface area contributed by atoms with Gasteiger partial charge in [-0.1, -0.05) is 65.3 Å². The maximum atomic E-state index is 6.02. The van der Waals surface area contributed by atoms with Gasteiger partial charge in [0.05, 0.1) is 0 Å². The van der Waals surface area contributed by atoms with Gasteiger partial charge in [-0.15, -0.1) is 0 Å². The molecule has 0 aliphatic heterocycles. The Balaban J connectivity index is 2.07. The van der Waals surface area contributed by atoms with Crippen molar-refractivity contribution in [2.75, 3.05) is 0 Å². The number of halogens is 1. The Labute approximate surface area is 127 Å². The molecule has 0 atom stereocenters. The number of hydrogen-bond acceptors (Lipinski definition) is 1. The summed E-state index contributed by atoms with van der Waals surface area (Å²) < 4.78 is 7.11. The van der Waals surface area contributed by atoms with Crippen LogP contribution in [-0.4, -0.2) is 0 Å². The van der Waals surface area contributed by atoms with Crippen LogP contribution >= 0.6 is 15.9 Å². The summed E-state index contributed by atoms with van der Waals surface area (Å²) in [6.07, 6.45) is 0.887. The lowest BCUT2D eigenvalue weighted by atomic mass is 10.0. The maximum absolute atomic E-state index is 6.02. The standard InChI is InChI=1S/C18H15BrO/c1-2-17-16(13-8-10-15(19)11-9-13)12-18(20-17)14-6-4-3-5-7-14/h3-12H,2H2,1H3. The molecule has 0 N–H and O–H groups in total. The highest BCUT2D eigenvalue weighted by Gasteiger charge is 2.12. The average Bonchev–Trinajstić information content (AvgIpc) is 2.93. The van der Waals surface area contributed by atoms with E-state index in [1.165, 1.54) is 11.1 Å². The van der Waals surface area contributed by atoms with Gasteiger partial charge in [-0.05, 0) is 23.8 Å². The Kier molecular flexibility index (Phi) is 3.75. The van der Waals surface area contributed by atoms with Crippen molar-refractivity contribution >= 4 is 15.9 Å². The first-order valence-electron chi connectivity index (χ1n) is 6.72. The van der Waals surface area contributed by atoms with Crippen LogP contribution in [-0.2, 0) is 6.42 Å². The maximum Gasteiger partial charge on any atom is 0.134 e. The van der Waals surface area contributed by atoms with Crippen LogP contribution in [0.5, 0.6) is 0 Å². The lowest BCUT2D eigenvalue weighted by Crippen LogP contribution is -1.80. The predicted molar refractivity (Wildman–Crippen MR) is 86.7 cm³/mol. The number of furan rings is 1. The van der Waals surface area contributed by atoms with Gasteiger partial charge in [0.2, 0.25) is 0 Å². The second-order valence-electron chi connectivity index (χ2n) is 4.67. The quantitative estimate of drug-likeness (QED) is 0.580. The SMILES string of the molecule is CCc1oc(-c2ccccc2)cc1-c1ccc(Br)cc1. The molecule has 1 heterocycles. The van der Waals surface area contributed by atoms with Crippen molar-refractivity contribution in [2.24, 2.45) is 0 Å². The van der Waals surface area contributed by atoms with Gasteiger partial charge >= 0.3 is 0 Å². The first-order valence-corrected chi connectivity index (χ1v) is 7.51. The molecule has 2 heteroatoms. The van der Waals surface area contributed by atoms with Crippen molar-refractivity contribution in [3.05, 3.63) is 70.9 Å². The molecule has 3 rings (SSSR count). The molecule has 20 heavy (non-hydrogen) atoms. The lowest BCUT2D eigenvalue weighted by Gasteiger charge is -2.00. The topological polar surface area (TPSA) is 13.1 Å². The van der Waals surface area contributed by atoms with Crippen molar-refractivity contribution in [1.29, 1.82) is 0 Å². The molecule has 0 aliphatic carbocycles. The van der Waals surface area contributed by atoms with Gasteiger partial charge in [0.1, 0.15) is 11.5 Å². The summed E-state index contributed by atoms with van der Waals surface area (Å²) in [7, 11) is 0. The molecule has 0 aliphatic rings. The fourth-order valence-electron chi connectivity index (χ4n) is 2.31. The normalized spacial score (nSPS) is 10.7. The summed E-state index contributed by atoms with van der Waals surface area (Å²) in [5, 5.41) is 0. The third kappa shape index (κ3) is 2.56. The molecule has 1 aromatic heterocycles. The fourth-order valence-corrected chi connectivity index (χ4v) is 2.57. The van der Waals surface area contributed by atoms with E-state index < -0.39 is 0 Å². The van der Waals surface area contributed by atoms with Crippen LogP contribution in [0.1, 0.15) is 12.7 Å². The highest BCUT2D eigenvalue weighted by atomic mass is 79.9. The molecule has 2 aromatic carbocycles. The van der Waals surface area contributed by atoms with Gasteiger partial charge in [-0.2, -0.15) is 0 Å². The Morgan fingerprint density at radius 2 is 1.60 bits per heavy atom. The zero-order chi connectivity index (χ0) is 13.9. The minimum absolute atomic E-state index is 0.887. The smallest absolute Gasteiger partial charge is 0.134 e. The van der Waals surface area contributed by atoms with E-state index in [4.69, 9.17) is 4.42 Å². The van der Waals surface area contributed by atoms with Crippen LogP contribution in [0.2, 0.25) is 0 Å². The third-order valence-corrected chi connectivity index (χ3v) is 3.87. The first kappa shape index (κ1) is 13.2. The van der Waals surface area contributed by atoms with E-state index in [-0.39, 0.29) is 0 Å². The molecular formula is C18H15BrO. The molecule has 100 valence electrons. The average molecular weight is 327 g/mol. The van der Waals surface area contributed by atoms with Gasteiger partial charge in [-0.3, -0.25) is 0 Å². The summed E-state index contributed by atoms with van der Waals surface area (Å²) in [6, 6.07) is 20.7. The summed E-state index contributed by atoms with van der Waals surface area (Å²) in [6.45, 7) is 2.12. The predicted octanol–water partition coefficient (Wildman–Crippen LogP) is 5.94. The molecule has 0 saturated heterocycles.